The number of hydrogen-bond acceptors (Lipinski definition) is 4. The molecule has 168 valence electrons. The van der Waals surface area contributed by atoms with Gasteiger partial charge in [0.05, 0.1) is 29.6 Å². The van der Waals surface area contributed by atoms with Gasteiger partial charge < -0.3 is 10.2 Å². The molecular formula is C22H22F3N5O2. The summed E-state index contributed by atoms with van der Waals surface area (Å²) in [6.07, 6.45) is -2.44. The Balaban J connectivity index is 1.81. The summed E-state index contributed by atoms with van der Waals surface area (Å²) in [6, 6.07) is 11.0. The number of carbonyl (C=O) groups excluding carboxylic acids is 2. The molecule has 2 amide bonds. The fourth-order valence-electron chi connectivity index (χ4n) is 3.15. The molecule has 0 aliphatic carbocycles. The zero-order valence-corrected chi connectivity index (χ0v) is 17.7. The maximum absolute atomic E-state index is 13.0. The summed E-state index contributed by atoms with van der Waals surface area (Å²) in [5.74, 6) is -0.831. The van der Waals surface area contributed by atoms with Crippen molar-refractivity contribution in [3.63, 3.8) is 0 Å². The number of halogens is 3. The van der Waals surface area contributed by atoms with E-state index >= 15 is 0 Å². The van der Waals surface area contributed by atoms with E-state index in [-0.39, 0.29) is 29.8 Å². The van der Waals surface area contributed by atoms with Crippen molar-refractivity contribution in [2.24, 2.45) is 0 Å². The fourth-order valence-corrected chi connectivity index (χ4v) is 3.15. The first-order valence-electron chi connectivity index (χ1n) is 9.80. The predicted molar refractivity (Wildman–Crippen MR) is 112 cm³/mol. The van der Waals surface area contributed by atoms with Gasteiger partial charge in [-0.15, -0.1) is 0 Å². The van der Waals surface area contributed by atoms with E-state index in [1.54, 1.807) is 24.3 Å². The highest BCUT2D eigenvalue weighted by Gasteiger charge is 2.31. The van der Waals surface area contributed by atoms with Crippen molar-refractivity contribution in [1.29, 1.82) is 0 Å². The molecule has 0 radical (unpaired) electrons. The third kappa shape index (κ3) is 5.13. The molecule has 7 nitrogen and oxygen atoms in total. The zero-order valence-electron chi connectivity index (χ0n) is 17.7. The predicted octanol–water partition coefficient (Wildman–Crippen LogP) is 4.12. The lowest BCUT2D eigenvalue weighted by Crippen LogP contribution is -2.35. The number of nitrogens with zero attached hydrogens (tertiary/aromatic N) is 4. The summed E-state index contributed by atoms with van der Waals surface area (Å²) in [7, 11) is 1.49. The van der Waals surface area contributed by atoms with E-state index in [9.17, 15) is 22.8 Å². The number of aromatic nitrogens is 3. The number of hydrogen-bond donors (Lipinski definition) is 1. The second-order valence-corrected chi connectivity index (χ2v) is 7.49. The molecular weight excluding hydrogens is 423 g/mol. The van der Waals surface area contributed by atoms with Crippen LogP contribution < -0.4 is 5.32 Å². The molecule has 2 heterocycles. The Morgan fingerprint density at radius 2 is 1.78 bits per heavy atom. The minimum atomic E-state index is -4.50. The van der Waals surface area contributed by atoms with Crippen molar-refractivity contribution in [2.75, 3.05) is 18.9 Å². The Morgan fingerprint density at radius 1 is 1.09 bits per heavy atom. The lowest BCUT2D eigenvalue weighted by molar-refractivity contribution is -0.137. The summed E-state index contributed by atoms with van der Waals surface area (Å²) in [5, 5.41) is 6.88. The molecule has 3 rings (SSSR count). The minimum Gasteiger partial charge on any atom is -0.332 e. The molecule has 32 heavy (non-hydrogen) atoms. The van der Waals surface area contributed by atoms with Crippen LogP contribution in [0.2, 0.25) is 0 Å². The number of alkyl halides is 3. The number of pyridine rings is 1. The average Bonchev–Trinajstić information content (AvgIpc) is 3.18. The highest BCUT2D eigenvalue weighted by molar-refractivity contribution is 5.99. The van der Waals surface area contributed by atoms with E-state index < -0.39 is 17.6 Å². The standard InChI is InChI=1S/C22H22F3N5O2/c1-14(2)20-17(12-27-30(20)18-10-9-15(11-26-18)22(23,24)25)21(32)29(3)13-19(31)28-16-7-5-4-6-8-16/h4-12,14H,13H2,1-3H3,(H,28,31). The third-order valence-corrected chi connectivity index (χ3v) is 4.66. The topological polar surface area (TPSA) is 80.1 Å². The lowest BCUT2D eigenvalue weighted by Gasteiger charge is -2.18. The van der Waals surface area contributed by atoms with Crippen LogP contribution in [0.3, 0.4) is 0 Å². The van der Waals surface area contributed by atoms with Crippen LogP contribution in [-0.2, 0) is 11.0 Å². The molecule has 3 aromatic rings. The molecule has 0 aliphatic heterocycles. The Labute approximate surface area is 182 Å². The van der Waals surface area contributed by atoms with Gasteiger partial charge in [-0.1, -0.05) is 32.0 Å². The first-order chi connectivity index (χ1) is 15.1. The van der Waals surface area contributed by atoms with Crippen LogP contribution in [-0.4, -0.2) is 45.1 Å². The molecule has 0 aliphatic rings. The van der Waals surface area contributed by atoms with E-state index in [0.717, 1.165) is 12.3 Å². The van der Waals surface area contributed by atoms with Crippen LogP contribution in [0.4, 0.5) is 18.9 Å². The second-order valence-electron chi connectivity index (χ2n) is 7.49. The van der Waals surface area contributed by atoms with E-state index in [2.05, 4.69) is 15.4 Å². The first kappa shape index (κ1) is 23.0. The van der Waals surface area contributed by atoms with E-state index in [0.29, 0.717) is 11.4 Å². The van der Waals surface area contributed by atoms with Crippen molar-refractivity contribution >= 4 is 17.5 Å². The molecule has 0 saturated carbocycles. The average molecular weight is 445 g/mol. The Kier molecular flexibility index (Phi) is 6.61. The molecule has 10 heteroatoms. The zero-order chi connectivity index (χ0) is 23.5. The monoisotopic (exact) mass is 445 g/mol. The Morgan fingerprint density at radius 3 is 2.34 bits per heavy atom. The number of amides is 2. The van der Waals surface area contributed by atoms with Gasteiger partial charge in [0.1, 0.15) is 0 Å². The number of benzene rings is 1. The van der Waals surface area contributed by atoms with Gasteiger partial charge in [-0.25, -0.2) is 9.67 Å². The normalized spacial score (nSPS) is 11.5. The van der Waals surface area contributed by atoms with E-state index in [4.69, 9.17) is 0 Å². The van der Waals surface area contributed by atoms with Crippen LogP contribution in [0.1, 0.15) is 41.4 Å². The summed E-state index contributed by atoms with van der Waals surface area (Å²) in [4.78, 5) is 30.4. The molecule has 0 spiro atoms. The largest absolute Gasteiger partial charge is 0.417 e. The number of likely N-dealkylation sites (N-methyl/N-ethyl adjacent to an activating group) is 1. The fraction of sp³-hybridized carbons (Fsp3) is 0.273. The molecule has 1 aromatic carbocycles. The highest BCUT2D eigenvalue weighted by Crippen LogP contribution is 2.29. The maximum atomic E-state index is 13.0. The Bertz CT molecular complexity index is 1090. The van der Waals surface area contributed by atoms with Gasteiger partial charge in [0.15, 0.2) is 5.82 Å². The molecule has 0 unspecified atom stereocenters. The van der Waals surface area contributed by atoms with Gasteiger partial charge in [-0.05, 0) is 30.2 Å². The number of anilines is 1. The lowest BCUT2D eigenvalue weighted by atomic mass is 10.0. The van der Waals surface area contributed by atoms with Crippen molar-refractivity contribution in [1.82, 2.24) is 19.7 Å². The number of nitrogens with one attached hydrogen (secondary N) is 1. The van der Waals surface area contributed by atoms with Gasteiger partial charge in [-0.3, -0.25) is 9.59 Å². The highest BCUT2D eigenvalue weighted by atomic mass is 19.4. The summed E-state index contributed by atoms with van der Waals surface area (Å²) in [5.41, 5.74) is 0.469. The van der Waals surface area contributed by atoms with Crippen molar-refractivity contribution in [3.05, 3.63) is 71.7 Å². The van der Waals surface area contributed by atoms with Crippen molar-refractivity contribution in [2.45, 2.75) is 25.9 Å². The summed E-state index contributed by atoms with van der Waals surface area (Å²) in [6.45, 7) is 3.47. The summed E-state index contributed by atoms with van der Waals surface area (Å²) < 4.78 is 39.8. The van der Waals surface area contributed by atoms with E-state index in [1.807, 2.05) is 19.9 Å². The maximum Gasteiger partial charge on any atom is 0.417 e. The van der Waals surface area contributed by atoms with Gasteiger partial charge in [0.2, 0.25) is 5.91 Å². The van der Waals surface area contributed by atoms with Crippen LogP contribution >= 0.6 is 0 Å². The van der Waals surface area contributed by atoms with Crippen LogP contribution in [0.15, 0.2) is 54.9 Å². The van der Waals surface area contributed by atoms with Gasteiger partial charge in [-0.2, -0.15) is 18.3 Å². The number of rotatable bonds is 6. The quantitative estimate of drug-likeness (QED) is 0.619. The smallest absolute Gasteiger partial charge is 0.332 e. The van der Waals surface area contributed by atoms with E-state index in [1.165, 1.54) is 28.9 Å². The van der Waals surface area contributed by atoms with Gasteiger partial charge in [0.25, 0.3) is 5.91 Å². The third-order valence-electron chi connectivity index (χ3n) is 4.66. The molecule has 2 aromatic heterocycles. The molecule has 0 fully saturated rings. The molecule has 0 saturated heterocycles. The van der Waals surface area contributed by atoms with Crippen molar-refractivity contribution in [3.8, 4) is 5.82 Å². The number of carbonyl (C=O) groups is 2. The van der Waals surface area contributed by atoms with Crippen LogP contribution in [0.25, 0.3) is 5.82 Å². The Hall–Kier alpha value is -3.69. The van der Waals surface area contributed by atoms with Crippen LogP contribution in [0.5, 0.6) is 0 Å². The van der Waals surface area contributed by atoms with Crippen molar-refractivity contribution < 1.29 is 22.8 Å². The SMILES string of the molecule is CC(C)c1c(C(=O)N(C)CC(=O)Nc2ccccc2)cnn1-c1ccc(C(F)(F)F)cn1. The molecule has 0 bridgehead atoms. The number of para-hydroxylation sites is 1. The first-order valence-corrected chi connectivity index (χ1v) is 9.80. The molecule has 0 atom stereocenters. The second kappa shape index (κ2) is 9.21. The molecule has 1 N–H and O–H groups in total. The summed E-state index contributed by atoms with van der Waals surface area (Å²) >= 11 is 0. The minimum absolute atomic E-state index is 0.158. The van der Waals surface area contributed by atoms with Gasteiger partial charge >= 0.3 is 6.18 Å². The van der Waals surface area contributed by atoms with Crippen LogP contribution in [0, 0.1) is 0 Å². The van der Waals surface area contributed by atoms with Gasteiger partial charge in [0, 0.05) is 18.9 Å².